The molecule has 1 fully saturated rings. The lowest BCUT2D eigenvalue weighted by molar-refractivity contribution is 0.125. The van der Waals surface area contributed by atoms with Crippen molar-refractivity contribution in [3.05, 3.63) is 107 Å². The summed E-state index contributed by atoms with van der Waals surface area (Å²) < 4.78 is 0. The number of aliphatic hydroxyl groups is 1. The summed E-state index contributed by atoms with van der Waals surface area (Å²) in [5.41, 5.74) is 3.01. The van der Waals surface area contributed by atoms with Crippen LogP contribution in [-0.2, 0) is 5.60 Å². The van der Waals surface area contributed by atoms with Gasteiger partial charge in [-0.15, -0.1) is 0 Å². The van der Waals surface area contributed by atoms with E-state index in [9.17, 15) is 5.11 Å². The molecule has 4 rings (SSSR count). The highest BCUT2D eigenvalue weighted by Crippen LogP contribution is 2.38. The molecule has 1 aliphatic carbocycles. The fraction of sp³-hybridized carbons (Fsp3) is 0.280. The zero-order chi connectivity index (χ0) is 17.8. The minimum atomic E-state index is -1.13. The predicted octanol–water partition coefficient (Wildman–Crippen LogP) is 6.02. The molecule has 0 aliphatic heterocycles. The van der Waals surface area contributed by atoms with Crippen molar-refractivity contribution >= 4 is 0 Å². The van der Waals surface area contributed by atoms with Crippen LogP contribution in [0.15, 0.2) is 84.9 Å². The van der Waals surface area contributed by atoms with Gasteiger partial charge in [0.15, 0.2) is 0 Å². The van der Waals surface area contributed by atoms with Gasteiger partial charge in [0, 0.05) is 0 Å². The van der Waals surface area contributed by atoms with Crippen molar-refractivity contribution in [3.63, 3.8) is 0 Å². The summed E-state index contributed by atoms with van der Waals surface area (Å²) in [6, 6.07) is 28.6. The van der Waals surface area contributed by atoms with Crippen molar-refractivity contribution in [2.24, 2.45) is 0 Å². The fourth-order valence-electron chi connectivity index (χ4n) is 4.29. The summed E-state index contributed by atoms with van der Waals surface area (Å²) in [6.07, 6.45) is 6.63. The maximum Gasteiger partial charge on any atom is 0.140 e. The standard InChI is InChI=1S/C25H26O/c26-25(22-12-6-2-7-13-22,23-14-8-3-9-15-23)24-18-16-21(17-19-24)20-10-4-1-5-11-20/h2-3,6-9,12-20,26H,1,4-5,10-11H2. The maximum atomic E-state index is 11.8. The fourth-order valence-corrected chi connectivity index (χ4v) is 4.29. The molecule has 1 aliphatic rings. The smallest absolute Gasteiger partial charge is 0.140 e. The average molecular weight is 342 g/mol. The summed E-state index contributed by atoms with van der Waals surface area (Å²) in [7, 11) is 0. The van der Waals surface area contributed by atoms with Crippen LogP contribution in [-0.4, -0.2) is 5.11 Å². The van der Waals surface area contributed by atoms with E-state index >= 15 is 0 Å². The summed E-state index contributed by atoms with van der Waals surface area (Å²) >= 11 is 0. The van der Waals surface area contributed by atoms with Crippen LogP contribution >= 0.6 is 0 Å². The monoisotopic (exact) mass is 342 g/mol. The summed E-state index contributed by atoms with van der Waals surface area (Å²) in [6.45, 7) is 0. The minimum absolute atomic E-state index is 0.680. The van der Waals surface area contributed by atoms with Gasteiger partial charge >= 0.3 is 0 Å². The SMILES string of the molecule is OC(c1ccccc1)(c1ccccc1)c1ccc(C2CCCCC2)cc1. The van der Waals surface area contributed by atoms with Gasteiger partial charge in [-0.2, -0.15) is 0 Å². The molecule has 0 unspecified atom stereocenters. The molecule has 0 spiro atoms. The molecule has 0 heterocycles. The first-order valence-electron chi connectivity index (χ1n) is 9.72. The van der Waals surface area contributed by atoms with E-state index in [-0.39, 0.29) is 0 Å². The van der Waals surface area contributed by atoms with Crippen molar-refractivity contribution in [1.82, 2.24) is 0 Å². The van der Waals surface area contributed by atoms with E-state index in [1.807, 2.05) is 60.7 Å². The van der Waals surface area contributed by atoms with E-state index in [0.717, 1.165) is 16.7 Å². The third-order valence-corrected chi connectivity index (χ3v) is 5.79. The van der Waals surface area contributed by atoms with Gasteiger partial charge in [-0.1, -0.05) is 104 Å². The van der Waals surface area contributed by atoms with E-state index in [2.05, 4.69) is 24.3 Å². The van der Waals surface area contributed by atoms with E-state index in [0.29, 0.717) is 5.92 Å². The molecule has 132 valence electrons. The number of hydrogen-bond donors (Lipinski definition) is 1. The predicted molar refractivity (Wildman–Crippen MR) is 107 cm³/mol. The molecule has 1 saturated carbocycles. The third kappa shape index (κ3) is 3.20. The first kappa shape index (κ1) is 17.1. The second kappa shape index (κ2) is 7.47. The summed E-state index contributed by atoms with van der Waals surface area (Å²) in [5.74, 6) is 0.680. The normalized spacial score (nSPS) is 15.7. The Morgan fingerprint density at radius 3 is 1.54 bits per heavy atom. The summed E-state index contributed by atoms with van der Waals surface area (Å²) in [4.78, 5) is 0. The number of rotatable bonds is 4. The highest BCUT2D eigenvalue weighted by molar-refractivity contribution is 5.47. The lowest BCUT2D eigenvalue weighted by Crippen LogP contribution is -2.28. The molecule has 0 saturated heterocycles. The maximum absolute atomic E-state index is 11.8. The average Bonchev–Trinajstić information content (AvgIpc) is 2.75. The summed E-state index contributed by atoms with van der Waals surface area (Å²) in [5, 5.41) is 11.8. The highest BCUT2D eigenvalue weighted by atomic mass is 16.3. The van der Waals surface area contributed by atoms with Gasteiger partial charge in [0.25, 0.3) is 0 Å². The molecular weight excluding hydrogens is 316 g/mol. The number of hydrogen-bond acceptors (Lipinski definition) is 1. The minimum Gasteiger partial charge on any atom is -0.376 e. The second-order valence-electron chi connectivity index (χ2n) is 7.40. The van der Waals surface area contributed by atoms with Crippen LogP contribution in [0, 0.1) is 0 Å². The first-order chi connectivity index (χ1) is 12.8. The van der Waals surface area contributed by atoms with Crippen molar-refractivity contribution in [1.29, 1.82) is 0 Å². The first-order valence-corrected chi connectivity index (χ1v) is 9.72. The van der Waals surface area contributed by atoms with Crippen molar-refractivity contribution in [3.8, 4) is 0 Å². The van der Waals surface area contributed by atoms with Gasteiger partial charge in [-0.05, 0) is 41.0 Å². The Bertz CT molecular complexity index is 776. The lowest BCUT2D eigenvalue weighted by Gasteiger charge is -2.31. The Balaban J connectivity index is 1.75. The molecule has 1 N–H and O–H groups in total. The Hall–Kier alpha value is -2.38. The van der Waals surface area contributed by atoms with Crippen LogP contribution in [0.1, 0.15) is 60.3 Å². The quantitative estimate of drug-likeness (QED) is 0.575. The van der Waals surface area contributed by atoms with Crippen LogP contribution in [0.25, 0.3) is 0 Å². The Labute approximate surface area is 156 Å². The van der Waals surface area contributed by atoms with E-state index < -0.39 is 5.60 Å². The topological polar surface area (TPSA) is 20.2 Å². The van der Waals surface area contributed by atoms with Gasteiger partial charge in [-0.3, -0.25) is 0 Å². The molecule has 0 radical (unpaired) electrons. The second-order valence-corrected chi connectivity index (χ2v) is 7.40. The highest BCUT2D eigenvalue weighted by Gasteiger charge is 2.33. The van der Waals surface area contributed by atoms with Crippen molar-refractivity contribution in [2.45, 2.75) is 43.6 Å². The van der Waals surface area contributed by atoms with Gasteiger partial charge in [-0.25, -0.2) is 0 Å². The molecule has 0 amide bonds. The Kier molecular flexibility index (Phi) is 4.90. The molecule has 3 aromatic rings. The van der Waals surface area contributed by atoms with Crippen molar-refractivity contribution < 1.29 is 5.11 Å². The van der Waals surface area contributed by atoms with Crippen molar-refractivity contribution in [2.75, 3.05) is 0 Å². The third-order valence-electron chi connectivity index (χ3n) is 5.79. The van der Waals surface area contributed by atoms with E-state index in [1.54, 1.807) is 0 Å². The Morgan fingerprint density at radius 2 is 1.04 bits per heavy atom. The molecule has 1 heteroatoms. The molecular formula is C25H26O. The van der Waals surface area contributed by atoms with Gasteiger partial charge in [0.2, 0.25) is 0 Å². The molecule has 0 bridgehead atoms. The largest absolute Gasteiger partial charge is 0.376 e. The van der Waals surface area contributed by atoms with Crippen LogP contribution < -0.4 is 0 Å². The van der Waals surface area contributed by atoms with Crippen LogP contribution in [0.5, 0.6) is 0 Å². The molecule has 26 heavy (non-hydrogen) atoms. The molecule has 0 aromatic heterocycles. The van der Waals surface area contributed by atoms with Crippen LogP contribution in [0.2, 0.25) is 0 Å². The van der Waals surface area contributed by atoms with Gasteiger partial charge in [0.05, 0.1) is 0 Å². The zero-order valence-electron chi connectivity index (χ0n) is 15.1. The van der Waals surface area contributed by atoms with Gasteiger partial charge < -0.3 is 5.11 Å². The lowest BCUT2D eigenvalue weighted by atomic mass is 9.78. The Morgan fingerprint density at radius 1 is 0.577 bits per heavy atom. The molecule has 1 nitrogen and oxygen atoms in total. The molecule has 3 aromatic carbocycles. The van der Waals surface area contributed by atoms with Crippen LogP contribution in [0.4, 0.5) is 0 Å². The van der Waals surface area contributed by atoms with E-state index in [4.69, 9.17) is 0 Å². The van der Waals surface area contributed by atoms with E-state index in [1.165, 1.54) is 37.7 Å². The van der Waals surface area contributed by atoms with Crippen LogP contribution in [0.3, 0.4) is 0 Å². The number of benzene rings is 3. The zero-order valence-corrected chi connectivity index (χ0v) is 15.1. The molecule has 0 atom stereocenters. The van der Waals surface area contributed by atoms with Gasteiger partial charge in [0.1, 0.15) is 5.60 Å².